The Morgan fingerprint density at radius 2 is 1.86 bits per heavy atom. The van der Waals surface area contributed by atoms with Crippen LogP contribution in [0.4, 0.5) is 16.2 Å². The quantitative estimate of drug-likeness (QED) is 0.544. The maximum Gasteiger partial charge on any atom is 0.319 e. The molecule has 2 N–H and O–H groups in total. The molecule has 3 rings (SSSR count). The molecule has 1 aliphatic rings. The van der Waals surface area contributed by atoms with Crippen molar-refractivity contribution < 1.29 is 14.5 Å². The highest BCUT2D eigenvalue weighted by atomic mass is 16.6. The fourth-order valence-corrected chi connectivity index (χ4v) is 3.82. The number of carbonyl (C=O) groups excluding carboxylic acids is 1. The molecule has 8 nitrogen and oxygen atoms in total. The zero-order valence-corrected chi connectivity index (χ0v) is 16.6. The number of nitrogens with one attached hydrogen (secondary N) is 2. The Kier molecular flexibility index (Phi) is 6.66. The van der Waals surface area contributed by atoms with Crippen LogP contribution >= 0.6 is 0 Å². The number of nitrogens with zero attached hydrogens (tertiary/aromatic N) is 2. The molecule has 0 aromatic heterocycles. The Bertz CT molecular complexity index is 853. The zero-order valence-electron chi connectivity index (χ0n) is 16.6. The van der Waals surface area contributed by atoms with Gasteiger partial charge < -0.3 is 15.4 Å². The zero-order chi connectivity index (χ0) is 20.8. The molecule has 1 fully saturated rings. The van der Waals surface area contributed by atoms with E-state index in [0.29, 0.717) is 5.75 Å². The summed E-state index contributed by atoms with van der Waals surface area (Å²) in [5.41, 5.74) is 1.04. The van der Waals surface area contributed by atoms with E-state index < -0.39 is 11.0 Å². The minimum absolute atomic E-state index is 0.0373. The largest absolute Gasteiger partial charge is 0.496 e. The minimum Gasteiger partial charge on any atom is -0.496 e. The van der Waals surface area contributed by atoms with E-state index in [4.69, 9.17) is 4.74 Å². The van der Waals surface area contributed by atoms with Crippen molar-refractivity contribution in [1.82, 2.24) is 10.2 Å². The van der Waals surface area contributed by atoms with Crippen LogP contribution < -0.4 is 15.4 Å². The number of amides is 2. The maximum absolute atomic E-state index is 12.6. The summed E-state index contributed by atoms with van der Waals surface area (Å²) in [5.74, 6) is 0.356. The predicted molar refractivity (Wildman–Crippen MR) is 111 cm³/mol. The van der Waals surface area contributed by atoms with Crippen LogP contribution in [0, 0.1) is 10.1 Å². The molecule has 2 amide bonds. The summed E-state index contributed by atoms with van der Waals surface area (Å²) < 4.78 is 5.03. The van der Waals surface area contributed by atoms with Crippen molar-refractivity contribution in [3.8, 4) is 5.75 Å². The second-order valence-corrected chi connectivity index (χ2v) is 7.13. The summed E-state index contributed by atoms with van der Waals surface area (Å²) in [6, 6.07) is 13.8. The first-order chi connectivity index (χ1) is 14.0. The molecule has 29 heavy (non-hydrogen) atoms. The lowest BCUT2D eigenvalue weighted by Gasteiger charge is -2.33. The monoisotopic (exact) mass is 398 g/mol. The van der Waals surface area contributed by atoms with E-state index >= 15 is 0 Å². The van der Waals surface area contributed by atoms with Gasteiger partial charge in [-0.3, -0.25) is 15.0 Å². The van der Waals surface area contributed by atoms with Crippen LogP contribution in [0.15, 0.2) is 48.5 Å². The molecular formula is C21H26N4O4. The van der Waals surface area contributed by atoms with Crippen LogP contribution in [-0.4, -0.2) is 42.1 Å². The fourth-order valence-electron chi connectivity index (χ4n) is 3.82. The highest BCUT2D eigenvalue weighted by Gasteiger charge is 2.29. The number of benzene rings is 2. The molecule has 2 aromatic rings. The third-order valence-electron chi connectivity index (χ3n) is 5.16. The molecule has 2 aromatic carbocycles. The van der Waals surface area contributed by atoms with Gasteiger partial charge in [0.25, 0.3) is 5.69 Å². The van der Waals surface area contributed by atoms with E-state index in [1.807, 2.05) is 25.1 Å². The SMILES string of the molecule is COc1ccc(NC(=O)N[C@@H](C)[C@@H](c2ccccc2)N2CCCC2)c([N+](=O)[O-])c1. The van der Waals surface area contributed by atoms with Gasteiger partial charge >= 0.3 is 6.03 Å². The number of nitro benzene ring substituents is 1. The molecule has 0 unspecified atom stereocenters. The maximum atomic E-state index is 12.6. The van der Waals surface area contributed by atoms with Crippen molar-refractivity contribution in [3.05, 3.63) is 64.2 Å². The van der Waals surface area contributed by atoms with Crippen molar-refractivity contribution in [2.24, 2.45) is 0 Å². The topological polar surface area (TPSA) is 96.7 Å². The van der Waals surface area contributed by atoms with Crippen molar-refractivity contribution in [2.45, 2.75) is 31.8 Å². The van der Waals surface area contributed by atoms with Crippen LogP contribution in [-0.2, 0) is 0 Å². The molecule has 154 valence electrons. The van der Waals surface area contributed by atoms with Gasteiger partial charge in [0.05, 0.1) is 24.1 Å². The molecule has 0 bridgehead atoms. The third-order valence-corrected chi connectivity index (χ3v) is 5.16. The fraction of sp³-hybridized carbons (Fsp3) is 0.381. The highest BCUT2D eigenvalue weighted by molar-refractivity contribution is 5.92. The lowest BCUT2D eigenvalue weighted by atomic mass is 9.99. The van der Waals surface area contributed by atoms with Gasteiger partial charge in [-0.15, -0.1) is 0 Å². The number of ether oxygens (including phenoxy) is 1. The number of urea groups is 1. The summed E-state index contributed by atoms with van der Waals surface area (Å²) >= 11 is 0. The molecule has 0 spiro atoms. The number of carbonyl (C=O) groups is 1. The first kappa shape index (κ1) is 20.6. The number of likely N-dealkylation sites (tertiary alicyclic amines) is 1. The average molecular weight is 398 g/mol. The van der Waals surface area contributed by atoms with Crippen LogP contribution in [0.5, 0.6) is 5.75 Å². The molecular weight excluding hydrogens is 372 g/mol. The third kappa shape index (κ3) is 5.03. The van der Waals surface area contributed by atoms with E-state index in [2.05, 4.69) is 27.7 Å². The Hall–Kier alpha value is -3.13. The Morgan fingerprint density at radius 1 is 1.17 bits per heavy atom. The summed E-state index contributed by atoms with van der Waals surface area (Å²) in [7, 11) is 1.43. The summed E-state index contributed by atoms with van der Waals surface area (Å²) in [6.45, 7) is 3.92. The van der Waals surface area contributed by atoms with Gasteiger partial charge in [0.1, 0.15) is 11.4 Å². The van der Waals surface area contributed by atoms with Gasteiger partial charge in [0.15, 0.2) is 0 Å². The Labute approximate surface area is 170 Å². The number of nitro groups is 1. The van der Waals surface area contributed by atoms with Crippen molar-refractivity contribution in [2.75, 3.05) is 25.5 Å². The normalized spacial score (nSPS) is 16.1. The van der Waals surface area contributed by atoms with Gasteiger partial charge in [0.2, 0.25) is 0 Å². The summed E-state index contributed by atoms with van der Waals surface area (Å²) in [5, 5.41) is 16.9. The van der Waals surface area contributed by atoms with E-state index in [-0.39, 0.29) is 23.5 Å². The van der Waals surface area contributed by atoms with E-state index in [9.17, 15) is 14.9 Å². The Morgan fingerprint density at radius 3 is 2.48 bits per heavy atom. The molecule has 0 aliphatic carbocycles. The molecule has 0 saturated carbocycles. The molecule has 1 aliphatic heterocycles. The summed E-state index contributed by atoms with van der Waals surface area (Å²) in [6.07, 6.45) is 2.28. The van der Waals surface area contributed by atoms with Gasteiger partial charge in [-0.2, -0.15) is 0 Å². The lowest BCUT2D eigenvalue weighted by molar-refractivity contribution is -0.384. The van der Waals surface area contributed by atoms with E-state index in [1.54, 1.807) is 6.07 Å². The van der Waals surface area contributed by atoms with Crippen LogP contribution in [0.3, 0.4) is 0 Å². The van der Waals surface area contributed by atoms with Crippen LogP contribution in [0.25, 0.3) is 0 Å². The van der Waals surface area contributed by atoms with Crippen molar-refractivity contribution in [1.29, 1.82) is 0 Å². The van der Waals surface area contributed by atoms with Crippen LogP contribution in [0.2, 0.25) is 0 Å². The second-order valence-electron chi connectivity index (χ2n) is 7.13. The molecule has 0 radical (unpaired) electrons. The van der Waals surface area contributed by atoms with Crippen molar-refractivity contribution in [3.63, 3.8) is 0 Å². The standard InChI is InChI=1S/C21H26N4O4/c1-15(20(24-12-6-7-13-24)16-8-4-3-5-9-16)22-21(26)23-18-11-10-17(29-2)14-19(18)25(27)28/h3-5,8-11,14-15,20H,6-7,12-13H2,1-2H3,(H2,22,23,26)/t15-,20-/m0/s1. The van der Waals surface area contributed by atoms with E-state index in [0.717, 1.165) is 31.5 Å². The average Bonchev–Trinajstić information content (AvgIpc) is 3.23. The Balaban J connectivity index is 1.74. The number of hydrogen-bond donors (Lipinski definition) is 2. The molecule has 1 heterocycles. The van der Waals surface area contributed by atoms with Gasteiger partial charge in [-0.1, -0.05) is 30.3 Å². The van der Waals surface area contributed by atoms with E-state index in [1.165, 1.54) is 19.2 Å². The predicted octanol–water partition coefficient (Wildman–Crippen LogP) is 3.95. The van der Waals surface area contributed by atoms with Crippen molar-refractivity contribution >= 4 is 17.4 Å². The molecule has 2 atom stereocenters. The number of methoxy groups -OCH3 is 1. The smallest absolute Gasteiger partial charge is 0.319 e. The second kappa shape index (κ2) is 9.38. The van der Waals surface area contributed by atoms with Gasteiger partial charge in [-0.25, -0.2) is 4.79 Å². The number of rotatable bonds is 7. The first-order valence-corrected chi connectivity index (χ1v) is 9.68. The number of anilines is 1. The van der Waals surface area contributed by atoms with Gasteiger partial charge in [-0.05, 0) is 50.6 Å². The first-order valence-electron chi connectivity index (χ1n) is 9.68. The molecule has 1 saturated heterocycles. The van der Waals surface area contributed by atoms with Crippen LogP contribution in [0.1, 0.15) is 31.4 Å². The summed E-state index contributed by atoms with van der Waals surface area (Å²) in [4.78, 5) is 25.8. The van der Waals surface area contributed by atoms with Gasteiger partial charge in [0, 0.05) is 6.04 Å². The highest BCUT2D eigenvalue weighted by Crippen LogP contribution is 2.30. The lowest BCUT2D eigenvalue weighted by Crippen LogP contribution is -2.45. The molecule has 8 heteroatoms. The number of hydrogen-bond acceptors (Lipinski definition) is 5. The minimum atomic E-state index is -0.543.